The number of rotatable bonds is 4. The molecule has 1 nitrogen and oxygen atoms in total. The van der Waals surface area contributed by atoms with Crippen molar-refractivity contribution in [2.75, 3.05) is 12.4 Å². The van der Waals surface area contributed by atoms with E-state index in [0.717, 1.165) is 6.61 Å². The maximum Gasteiger partial charge on any atom is 0.103 e. The number of thioether (sulfide) groups is 1. The molecule has 0 aliphatic carbocycles. The van der Waals surface area contributed by atoms with Crippen molar-refractivity contribution in [2.45, 2.75) is 31.9 Å². The van der Waals surface area contributed by atoms with E-state index >= 15 is 0 Å². The minimum atomic E-state index is 0.478. The second-order valence-corrected chi connectivity index (χ2v) is 4.77. The summed E-state index contributed by atoms with van der Waals surface area (Å²) in [5.41, 5.74) is 1.24. The van der Waals surface area contributed by atoms with Crippen LogP contribution in [-0.2, 0) is 4.74 Å². The van der Waals surface area contributed by atoms with Crippen LogP contribution in [0.3, 0.4) is 0 Å². The minimum absolute atomic E-state index is 0.478. The van der Waals surface area contributed by atoms with Crippen molar-refractivity contribution in [3.05, 3.63) is 11.8 Å². The molecule has 2 heteroatoms. The van der Waals surface area contributed by atoms with E-state index in [9.17, 15) is 0 Å². The Morgan fingerprint density at radius 1 is 1.64 bits per heavy atom. The molecule has 11 heavy (non-hydrogen) atoms. The van der Waals surface area contributed by atoms with E-state index in [1.807, 2.05) is 18.0 Å². The van der Waals surface area contributed by atoms with Crippen LogP contribution in [0.4, 0.5) is 0 Å². The van der Waals surface area contributed by atoms with Gasteiger partial charge in [-0.15, -0.1) is 11.8 Å². The summed E-state index contributed by atoms with van der Waals surface area (Å²) in [6, 6.07) is 0. The highest BCUT2D eigenvalue weighted by molar-refractivity contribution is 8.07. The largest absolute Gasteiger partial charge is 0.500 e. The lowest BCUT2D eigenvalue weighted by Gasteiger charge is -2.09. The van der Waals surface area contributed by atoms with E-state index in [1.54, 1.807) is 0 Å². The lowest BCUT2D eigenvalue weighted by atomic mass is 10.1. The van der Waals surface area contributed by atoms with E-state index < -0.39 is 0 Å². The van der Waals surface area contributed by atoms with Gasteiger partial charge in [0, 0.05) is 5.75 Å². The summed E-state index contributed by atoms with van der Waals surface area (Å²) in [5.74, 6) is 1.28. The van der Waals surface area contributed by atoms with Crippen molar-refractivity contribution < 1.29 is 4.74 Å². The molecule has 0 radical (unpaired) electrons. The van der Waals surface area contributed by atoms with Crippen molar-refractivity contribution >= 4 is 11.8 Å². The molecule has 1 saturated heterocycles. The highest BCUT2D eigenvalue weighted by Gasteiger charge is 2.42. The Hall–Kier alpha value is -0.110. The van der Waals surface area contributed by atoms with E-state index in [2.05, 4.69) is 20.8 Å². The van der Waals surface area contributed by atoms with Gasteiger partial charge in [-0.25, -0.2) is 0 Å². The Morgan fingerprint density at radius 3 is 2.64 bits per heavy atom. The zero-order valence-electron chi connectivity index (χ0n) is 7.52. The van der Waals surface area contributed by atoms with Gasteiger partial charge in [0.15, 0.2) is 0 Å². The number of hydrogen-bond donors (Lipinski definition) is 0. The summed E-state index contributed by atoms with van der Waals surface area (Å²) in [5, 5.41) is 0. The molecule has 1 unspecified atom stereocenters. The molecule has 0 amide bonds. The number of ether oxygens (including phenoxy) is 1. The Balaban J connectivity index is 2.17. The van der Waals surface area contributed by atoms with Gasteiger partial charge in [-0.1, -0.05) is 6.92 Å². The molecule has 1 heterocycles. The molecule has 1 fully saturated rings. The molecular formula is C9H16OS. The standard InChI is InChI=1S/C9H16OS/c1-4-9(7-11-9)6-10-5-8(2)3/h5H,4,6-7H2,1-3H3. The Kier molecular flexibility index (Phi) is 2.88. The third-order valence-corrected chi connectivity index (χ3v) is 3.37. The maximum atomic E-state index is 5.43. The van der Waals surface area contributed by atoms with Gasteiger partial charge in [0.05, 0.1) is 11.0 Å². The summed E-state index contributed by atoms with van der Waals surface area (Å²) in [7, 11) is 0. The molecular weight excluding hydrogens is 156 g/mol. The topological polar surface area (TPSA) is 9.23 Å². The van der Waals surface area contributed by atoms with Crippen molar-refractivity contribution in [1.29, 1.82) is 0 Å². The molecule has 0 aromatic rings. The Bertz CT molecular complexity index is 155. The zero-order chi connectivity index (χ0) is 8.32. The van der Waals surface area contributed by atoms with Crippen molar-refractivity contribution in [1.82, 2.24) is 0 Å². The second kappa shape index (κ2) is 3.53. The Labute approximate surface area is 73.2 Å². The molecule has 0 aromatic heterocycles. The molecule has 0 aromatic carbocycles. The maximum absolute atomic E-state index is 5.43. The fourth-order valence-electron chi connectivity index (χ4n) is 0.852. The summed E-state index contributed by atoms with van der Waals surface area (Å²) in [6.07, 6.45) is 3.09. The minimum Gasteiger partial charge on any atom is -0.500 e. The van der Waals surface area contributed by atoms with E-state index in [4.69, 9.17) is 4.74 Å². The third kappa shape index (κ3) is 2.78. The molecule has 0 N–H and O–H groups in total. The van der Waals surface area contributed by atoms with Gasteiger partial charge in [-0.05, 0) is 25.8 Å². The quantitative estimate of drug-likeness (QED) is 0.476. The molecule has 1 atom stereocenters. The monoisotopic (exact) mass is 172 g/mol. The molecule has 1 rings (SSSR count). The molecule has 0 bridgehead atoms. The van der Waals surface area contributed by atoms with Crippen LogP contribution in [0.25, 0.3) is 0 Å². The predicted molar refractivity (Wildman–Crippen MR) is 50.9 cm³/mol. The molecule has 64 valence electrons. The SMILES string of the molecule is CCC1(COC=C(C)C)CS1. The van der Waals surface area contributed by atoms with Crippen LogP contribution in [0, 0.1) is 0 Å². The van der Waals surface area contributed by atoms with Gasteiger partial charge in [-0.3, -0.25) is 0 Å². The van der Waals surface area contributed by atoms with Crippen molar-refractivity contribution in [3.63, 3.8) is 0 Å². The van der Waals surface area contributed by atoms with Gasteiger partial charge in [0.25, 0.3) is 0 Å². The summed E-state index contributed by atoms with van der Waals surface area (Å²) < 4.78 is 5.91. The van der Waals surface area contributed by atoms with E-state index in [-0.39, 0.29) is 0 Å². The highest BCUT2D eigenvalue weighted by atomic mass is 32.2. The number of hydrogen-bond acceptors (Lipinski definition) is 2. The zero-order valence-corrected chi connectivity index (χ0v) is 8.33. The van der Waals surface area contributed by atoms with Gasteiger partial charge in [0.2, 0.25) is 0 Å². The first-order valence-corrected chi connectivity index (χ1v) is 5.06. The molecule has 1 aliphatic rings. The van der Waals surface area contributed by atoms with Crippen molar-refractivity contribution in [3.8, 4) is 0 Å². The van der Waals surface area contributed by atoms with Crippen LogP contribution >= 0.6 is 11.8 Å². The lowest BCUT2D eigenvalue weighted by Crippen LogP contribution is -2.14. The molecule has 0 saturated carbocycles. The Morgan fingerprint density at radius 2 is 2.27 bits per heavy atom. The summed E-state index contributed by atoms with van der Waals surface area (Å²) in [6.45, 7) is 7.22. The predicted octanol–water partition coefficient (Wildman–Crippen LogP) is 2.82. The van der Waals surface area contributed by atoms with Gasteiger partial charge >= 0.3 is 0 Å². The third-order valence-electron chi connectivity index (χ3n) is 1.86. The lowest BCUT2D eigenvalue weighted by molar-refractivity contribution is 0.226. The normalized spacial score (nSPS) is 27.9. The van der Waals surface area contributed by atoms with Crippen LogP contribution in [0.1, 0.15) is 27.2 Å². The summed E-state index contributed by atoms with van der Waals surface area (Å²) >= 11 is 2.01. The molecule has 0 spiro atoms. The van der Waals surface area contributed by atoms with Crippen molar-refractivity contribution in [2.24, 2.45) is 0 Å². The summed E-state index contributed by atoms with van der Waals surface area (Å²) in [4.78, 5) is 0. The van der Waals surface area contributed by atoms with E-state index in [0.29, 0.717) is 4.75 Å². The van der Waals surface area contributed by atoms with Crippen LogP contribution < -0.4 is 0 Å². The fourth-order valence-corrected chi connectivity index (χ4v) is 1.70. The van der Waals surface area contributed by atoms with Crippen LogP contribution in [-0.4, -0.2) is 17.1 Å². The van der Waals surface area contributed by atoms with E-state index in [1.165, 1.54) is 17.7 Å². The second-order valence-electron chi connectivity index (χ2n) is 3.33. The van der Waals surface area contributed by atoms with Crippen LogP contribution in [0.2, 0.25) is 0 Å². The first-order valence-electron chi connectivity index (χ1n) is 4.07. The van der Waals surface area contributed by atoms with Gasteiger partial charge in [-0.2, -0.15) is 0 Å². The average Bonchev–Trinajstić information content (AvgIpc) is 2.69. The first-order chi connectivity index (χ1) is 5.18. The van der Waals surface area contributed by atoms with Crippen LogP contribution in [0.15, 0.2) is 11.8 Å². The smallest absolute Gasteiger partial charge is 0.103 e. The van der Waals surface area contributed by atoms with Crippen LogP contribution in [0.5, 0.6) is 0 Å². The average molecular weight is 172 g/mol. The number of allylic oxidation sites excluding steroid dienone is 1. The van der Waals surface area contributed by atoms with Gasteiger partial charge < -0.3 is 4.74 Å². The highest BCUT2D eigenvalue weighted by Crippen LogP contribution is 2.47. The molecule has 1 aliphatic heterocycles. The van der Waals surface area contributed by atoms with Gasteiger partial charge in [0.1, 0.15) is 6.61 Å². The fraction of sp³-hybridized carbons (Fsp3) is 0.778. The first kappa shape index (κ1) is 8.98.